The minimum Gasteiger partial charge on any atom is -0.492 e. The van der Waals surface area contributed by atoms with Gasteiger partial charge in [0.05, 0.1) is 31.7 Å². The summed E-state index contributed by atoms with van der Waals surface area (Å²) >= 11 is 1.05. The van der Waals surface area contributed by atoms with E-state index in [0.717, 1.165) is 17.3 Å². The van der Waals surface area contributed by atoms with Gasteiger partial charge in [0.25, 0.3) is 5.12 Å². The number of carbonyl (C=O) groups is 1. The standard InChI is InChI=1S/C26H39NO13S/c28-12-19(32)24(36)22(34)17(30)10-27(11-18(31)23(35)25(37)20(33)13-29)6-8-39-16-4-1-3-15(9-16)14-41-26(38)21-5-2-7-40-21/h1-5,7,9,17-20,22-25,28-37H,6,8,10-14H2/t17-,18-,19+,20+,22+,23+,24+,25+/m0/s1. The average Bonchev–Trinajstić information content (AvgIpc) is 3.53. The summed E-state index contributed by atoms with van der Waals surface area (Å²) in [4.78, 5) is 13.5. The molecule has 1 aromatic carbocycles. The molecule has 8 atom stereocenters. The van der Waals surface area contributed by atoms with Crippen LogP contribution < -0.4 is 4.74 Å². The Morgan fingerprint density at radius 1 is 0.805 bits per heavy atom. The topological polar surface area (TPSA) is 245 Å². The number of benzene rings is 1. The van der Waals surface area contributed by atoms with E-state index >= 15 is 0 Å². The van der Waals surface area contributed by atoms with Gasteiger partial charge in [0, 0.05) is 25.4 Å². The molecule has 0 unspecified atom stereocenters. The second-order valence-corrected chi connectivity index (χ2v) is 10.4. The van der Waals surface area contributed by atoms with E-state index in [9.17, 15) is 45.6 Å². The zero-order valence-corrected chi connectivity index (χ0v) is 23.0. The van der Waals surface area contributed by atoms with Crippen molar-refractivity contribution in [2.24, 2.45) is 0 Å². The van der Waals surface area contributed by atoms with Crippen LogP contribution in [-0.4, -0.2) is 149 Å². The number of ether oxygens (including phenoxy) is 1. The van der Waals surface area contributed by atoms with Crippen LogP contribution in [0.5, 0.6) is 5.75 Å². The van der Waals surface area contributed by atoms with Crippen LogP contribution in [0.4, 0.5) is 0 Å². The molecule has 2 rings (SSSR count). The van der Waals surface area contributed by atoms with Gasteiger partial charge in [0.1, 0.15) is 49.0 Å². The van der Waals surface area contributed by atoms with Crippen molar-refractivity contribution in [3.05, 3.63) is 54.0 Å². The second-order valence-electron chi connectivity index (χ2n) is 9.41. The first-order chi connectivity index (χ1) is 19.5. The zero-order chi connectivity index (χ0) is 30.5. The number of rotatable bonds is 19. The van der Waals surface area contributed by atoms with Gasteiger partial charge in [-0.15, -0.1) is 0 Å². The van der Waals surface area contributed by atoms with Gasteiger partial charge in [-0.2, -0.15) is 0 Å². The highest BCUT2D eigenvalue weighted by Crippen LogP contribution is 2.21. The summed E-state index contributed by atoms with van der Waals surface area (Å²) in [6, 6.07) is 10.1. The zero-order valence-electron chi connectivity index (χ0n) is 22.2. The maximum atomic E-state index is 12.1. The maximum absolute atomic E-state index is 12.1. The molecule has 0 radical (unpaired) electrons. The van der Waals surface area contributed by atoms with Crippen LogP contribution in [0.3, 0.4) is 0 Å². The van der Waals surface area contributed by atoms with Gasteiger partial charge < -0.3 is 60.2 Å². The van der Waals surface area contributed by atoms with Crippen molar-refractivity contribution in [2.45, 2.75) is 54.6 Å². The van der Waals surface area contributed by atoms with Crippen molar-refractivity contribution in [3.63, 3.8) is 0 Å². The van der Waals surface area contributed by atoms with E-state index in [1.807, 2.05) is 0 Å². The molecule has 1 aromatic heterocycles. The number of aliphatic hydroxyl groups excluding tert-OH is 10. The van der Waals surface area contributed by atoms with Crippen molar-refractivity contribution in [2.75, 3.05) is 39.5 Å². The normalized spacial score (nSPS) is 17.8. The first-order valence-electron chi connectivity index (χ1n) is 12.8. The lowest BCUT2D eigenvalue weighted by molar-refractivity contribution is -0.130. The Labute approximate surface area is 240 Å². The Kier molecular flexibility index (Phi) is 15.2. The van der Waals surface area contributed by atoms with Crippen LogP contribution in [0.25, 0.3) is 0 Å². The molecule has 10 N–H and O–H groups in total. The van der Waals surface area contributed by atoms with Crippen LogP contribution in [0.2, 0.25) is 0 Å². The minimum atomic E-state index is -1.89. The van der Waals surface area contributed by atoms with Gasteiger partial charge in [-0.3, -0.25) is 9.69 Å². The molecular formula is C26H39NO13S. The van der Waals surface area contributed by atoms with Gasteiger partial charge in [0.15, 0.2) is 5.76 Å². The molecule has 41 heavy (non-hydrogen) atoms. The predicted octanol–water partition coefficient (Wildman–Crippen LogP) is -3.09. The summed E-state index contributed by atoms with van der Waals surface area (Å²) in [5, 5.41) is 97.9. The number of hydrogen-bond donors (Lipinski definition) is 10. The predicted molar refractivity (Wildman–Crippen MR) is 145 cm³/mol. The number of hydrogen-bond acceptors (Lipinski definition) is 15. The molecule has 2 aromatic rings. The SMILES string of the molecule is O=C(SCc1cccc(OCCN(C[C@H](O)[C@@H](O)[C@H](O)[C@H](O)CO)C[C@H](O)[C@@H](O)[C@H](O)[C@H](O)CO)c1)c1ccco1. The van der Waals surface area contributed by atoms with Crippen molar-refractivity contribution in [1.29, 1.82) is 0 Å². The van der Waals surface area contributed by atoms with Gasteiger partial charge in [-0.05, 0) is 29.8 Å². The van der Waals surface area contributed by atoms with Crippen LogP contribution in [-0.2, 0) is 5.75 Å². The molecule has 0 aliphatic heterocycles. The van der Waals surface area contributed by atoms with Crippen molar-refractivity contribution in [1.82, 2.24) is 4.90 Å². The molecule has 0 saturated heterocycles. The van der Waals surface area contributed by atoms with E-state index in [-0.39, 0.29) is 24.0 Å². The third-order valence-electron chi connectivity index (χ3n) is 6.21. The lowest BCUT2D eigenvalue weighted by Crippen LogP contribution is -2.53. The largest absolute Gasteiger partial charge is 0.492 e. The summed E-state index contributed by atoms with van der Waals surface area (Å²) in [5.74, 6) is 1.03. The molecule has 0 amide bonds. The Morgan fingerprint density at radius 2 is 1.37 bits per heavy atom. The quantitative estimate of drug-likeness (QED) is 0.0762. The fraction of sp³-hybridized carbons (Fsp3) is 0.577. The highest BCUT2D eigenvalue weighted by Gasteiger charge is 2.34. The van der Waals surface area contributed by atoms with Crippen LogP contribution >= 0.6 is 11.8 Å². The van der Waals surface area contributed by atoms with Crippen LogP contribution in [0, 0.1) is 0 Å². The van der Waals surface area contributed by atoms with Gasteiger partial charge in [-0.1, -0.05) is 23.9 Å². The molecule has 0 saturated carbocycles. The number of carbonyl (C=O) groups excluding carboxylic acids is 1. The Bertz CT molecular complexity index is 983. The molecule has 0 bridgehead atoms. The number of thioether (sulfide) groups is 1. The van der Waals surface area contributed by atoms with E-state index in [4.69, 9.17) is 19.4 Å². The monoisotopic (exact) mass is 605 g/mol. The fourth-order valence-electron chi connectivity index (χ4n) is 3.76. The third kappa shape index (κ3) is 11.2. The fourth-order valence-corrected chi connectivity index (χ4v) is 4.50. The van der Waals surface area contributed by atoms with Crippen LogP contribution in [0.15, 0.2) is 47.1 Å². The molecule has 0 fully saturated rings. The van der Waals surface area contributed by atoms with E-state index < -0.39 is 75.1 Å². The smallest absolute Gasteiger partial charge is 0.254 e. The van der Waals surface area contributed by atoms with Gasteiger partial charge in [-0.25, -0.2) is 0 Å². The molecular weight excluding hydrogens is 566 g/mol. The van der Waals surface area contributed by atoms with Gasteiger partial charge in [0.2, 0.25) is 0 Å². The molecule has 0 aliphatic rings. The summed E-state index contributed by atoms with van der Waals surface area (Å²) in [7, 11) is 0. The van der Waals surface area contributed by atoms with E-state index in [2.05, 4.69) is 0 Å². The van der Waals surface area contributed by atoms with E-state index in [1.165, 1.54) is 11.2 Å². The number of furan rings is 1. The summed E-state index contributed by atoms with van der Waals surface area (Å²) in [6.07, 6.45) is -12.9. The first kappa shape index (κ1) is 35.1. The Hall–Kier alpha value is -2.12. The molecule has 15 heteroatoms. The van der Waals surface area contributed by atoms with Crippen LogP contribution in [0.1, 0.15) is 16.1 Å². The Balaban J connectivity index is 2.02. The summed E-state index contributed by atoms with van der Waals surface area (Å²) < 4.78 is 10.8. The summed E-state index contributed by atoms with van der Waals surface area (Å²) in [6.45, 7) is -2.60. The summed E-state index contributed by atoms with van der Waals surface area (Å²) in [5.41, 5.74) is 0.786. The lowest BCUT2D eigenvalue weighted by atomic mass is 10.0. The average molecular weight is 606 g/mol. The molecule has 14 nitrogen and oxygen atoms in total. The number of aliphatic hydroxyl groups is 10. The van der Waals surface area contributed by atoms with E-state index in [1.54, 1.807) is 36.4 Å². The maximum Gasteiger partial charge on any atom is 0.254 e. The first-order valence-corrected chi connectivity index (χ1v) is 13.8. The van der Waals surface area contributed by atoms with Crippen molar-refractivity contribution >= 4 is 16.9 Å². The van der Waals surface area contributed by atoms with Gasteiger partial charge >= 0.3 is 0 Å². The molecule has 232 valence electrons. The lowest BCUT2D eigenvalue weighted by Gasteiger charge is -2.33. The third-order valence-corrected chi connectivity index (χ3v) is 7.15. The van der Waals surface area contributed by atoms with Crippen molar-refractivity contribution < 1.29 is 65.0 Å². The molecule has 1 heterocycles. The van der Waals surface area contributed by atoms with E-state index in [0.29, 0.717) is 11.5 Å². The highest BCUT2D eigenvalue weighted by molar-refractivity contribution is 8.13. The van der Waals surface area contributed by atoms with Crippen molar-refractivity contribution in [3.8, 4) is 5.75 Å². The molecule has 0 spiro atoms. The minimum absolute atomic E-state index is 0.0131. The number of nitrogens with zero attached hydrogens (tertiary/aromatic N) is 1. The molecule has 0 aliphatic carbocycles. The Morgan fingerprint density at radius 3 is 1.88 bits per heavy atom. The highest BCUT2D eigenvalue weighted by atomic mass is 32.2. The second kappa shape index (κ2) is 17.7.